The Hall–Kier alpha value is -2.13. The lowest BCUT2D eigenvalue weighted by atomic mass is 10.2. The maximum atomic E-state index is 12.1. The van der Waals surface area contributed by atoms with Crippen molar-refractivity contribution in [3.63, 3.8) is 0 Å². The number of methoxy groups -OCH3 is 1. The van der Waals surface area contributed by atoms with E-state index in [9.17, 15) is 4.79 Å². The molecule has 3 rings (SSSR count). The molecule has 0 aromatic heterocycles. The monoisotopic (exact) mass is 463 g/mol. The van der Waals surface area contributed by atoms with Crippen molar-refractivity contribution in [3.05, 3.63) is 68.1 Å². The van der Waals surface area contributed by atoms with Crippen LogP contribution in [-0.2, 0) is 4.79 Å². The number of amidine groups is 1. The Bertz CT molecular complexity index is 876. The fraction of sp³-hybridized carbons (Fsp3) is 0.0556. The van der Waals surface area contributed by atoms with Crippen molar-refractivity contribution >= 4 is 57.7 Å². The van der Waals surface area contributed by atoms with Gasteiger partial charge in [-0.1, -0.05) is 18.2 Å². The SMILES string of the molecule is COc1ccc(C=NN=C2NC(=O)/C(=C\c3ccccc3I)S2)cc1. The highest BCUT2D eigenvalue weighted by molar-refractivity contribution is 14.1. The molecule has 1 aliphatic heterocycles. The number of hydrogen-bond donors (Lipinski definition) is 1. The zero-order valence-electron chi connectivity index (χ0n) is 13.3. The normalized spacial score (nSPS) is 17.4. The van der Waals surface area contributed by atoms with Crippen molar-refractivity contribution < 1.29 is 9.53 Å². The van der Waals surface area contributed by atoms with Crippen molar-refractivity contribution in [3.8, 4) is 5.75 Å². The molecule has 126 valence electrons. The molecule has 2 aromatic rings. The topological polar surface area (TPSA) is 63.1 Å². The lowest BCUT2D eigenvalue weighted by Crippen LogP contribution is -2.19. The maximum absolute atomic E-state index is 12.1. The molecule has 0 bridgehead atoms. The molecular weight excluding hydrogens is 449 g/mol. The highest BCUT2D eigenvalue weighted by Crippen LogP contribution is 2.27. The van der Waals surface area contributed by atoms with E-state index in [1.54, 1.807) is 13.3 Å². The largest absolute Gasteiger partial charge is 0.497 e. The summed E-state index contributed by atoms with van der Waals surface area (Å²) in [5, 5.41) is 11.3. The first-order chi connectivity index (χ1) is 12.2. The number of halogens is 1. The molecule has 1 amide bonds. The van der Waals surface area contributed by atoms with Gasteiger partial charge in [-0.05, 0) is 81.9 Å². The summed E-state index contributed by atoms with van der Waals surface area (Å²) in [5.41, 5.74) is 1.90. The Labute approximate surface area is 163 Å². The van der Waals surface area contributed by atoms with Gasteiger partial charge in [0.25, 0.3) is 5.91 Å². The van der Waals surface area contributed by atoms with Crippen LogP contribution in [0.2, 0.25) is 0 Å². The second kappa shape index (κ2) is 8.30. The van der Waals surface area contributed by atoms with E-state index in [0.717, 1.165) is 20.4 Å². The number of benzene rings is 2. The molecule has 1 saturated heterocycles. The zero-order chi connectivity index (χ0) is 17.6. The Balaban J connectivity index is 1.70. The molecule has 2 aromatic carbocycles. The van der Waals surface area contributed by atoms with Gasteiger partial charge in [-0.2, -0.15) is 5.10 Å². The van der Waals surface area contributed by atoms with Crippen molar-refractivity contribution in [2.75, 3.05) is 7.11 Å². The molecule has 0 radical (unpaired) electrons. The number of amides is 1. The predicted molar refractivity (Wildman–Crippen MR) is 111 cm³/mol. The van der Waals surface area contributed by atoms with Crippen molar-refractivity contribution in [1.29, 1.82) is 0 Å². The van der Waals surface area contributed by atoms with Crippen LogP contribution in [0.15, 0.2) is 63.6 Å². The van der Waals surface area contributed by atoms with Crippen LogP contribution in [0.5, 0.6) is 5.75 Å². The quantitative estimate of drug-likeness (QED) is 0.324. The number of ether oxygens (including phenoxy) is 1. The van der Waals surface area contributed by atoms with E-state index in [-0.39, 0.29) is 5.91 Å². The van der Waals surface area contributed by atoms with Crippen molar-refractivity contribution in [2.24, 2.45) is 10.2 Å². The summed E-state index contributed by atoms with van der Waals surface area (Å²) in [5.74, 6) is 0.621. The molecule has 5 nitrogen and oxygen atoms in total. The summed E-state index contributed by atoms with van der Waals surface area (Å²) >= 11 is 3.52. The van der Waals surface area contributed by atoms with Crippen LogP contribution in [0.3, 0.4) is 0 Å². The molecule has 25 heavy (non-hydrogen) atoms. The highest BCUT2D eigenvalue weighted by atomic mass is 127. The number of thioether (sulfide) groups is 1. The smallest absolute Gasteiger partial charge is 0.264 e. The molecule has 1 N–H and O–H groups in total. The minimum absolute atomic E-state index is 0.164. The molecular formula is C18H14IN3O2S. The average molecular weight is 463 g/mol. The standard InChI is InChI=1S/C18H14IN3O2S/c1-24-14-8-6-12(7-9-14)11-20-22-18-21-17(23)16(25-18)10-13-4-2-3-5-15(13)19/h2-11H,1H3,(H,21,22,23)/b16-10+,20-11?. The van der Waals surface area contributed by atoms with E-state index >= 15 is 0 Å². The summed E-state index contributed by atoms with van der Waals surface area (Å²) in [4.78, 5) is 12.7. The van der Waals surface area contributed by atoms with Gasteiger partial charge in [-0.25, -0.2) is 0 Å². The van der Waals surface area contributed by atoms with Crippen LogP contribution in [0.1, 0.15) is 11.1 Å². The molecule has 7 heteroatoms. The summed E-state index contributed by atoms with van der Waals surface area (Å²) in [6.45, 7) is 0. The van der Waals surface area contributed by atoms with Crippen LogP contribution in [0.4, 0.5) is 0 Å². The fourth-order valence-corrected chi connectivity index (χ4v) is 3.36. The molecule has 0 unspecified atom stereocenters. The number of carbonyl (C=O) groups excluding carboxylic acids is 1. The maximum Gasteiger partial charge on any atom is 0.264 e. The molecule has 1 aliphatic rings. The molecule has 0 spiro atoms. The third kappa shape index (κ3) is 4.70. The Morgan fingerprint density at radius 1 is 1.16 bits per heavy atom. The van der Waals surface area contributed by atoms with Gasteiger partial charge in [-0.3, -0.25) is 10.1 Å². The minimum Gasteiger partial charge on any atom is -0.497 e. The average Bonchev–Trinajstić information content (AvgIpc) is 2.97. The molecule has 1 heterocycles. The predicted octanol–water partition coefficient (Wildman–Crippen LogP) is 3.89. The first kappa shape index (κ1) is 17.7. The van der Waals surface area contributed by atoms with Crippen LogP contribution in [0.25, 0.3) is 6.08 Å². The van der Waals surface area contributed by atoms with Gasteiger partial charge in [0.15, 0.2) is 5.17 Å². The molecule has 0 saturated carbocycles. The van der Waals surface area contributed by atoms with Gasteiger partial charge in [0.05, 0.1) is 18.2 Å². The van der Waals surface area contributed by atoms with Crippen LogP contribution in [0, 0.1) is 3.57 Å². The minimum atomic E-state index is -0.164. The van der Waals surface area contributed by atoms with E-state index in [2.05, 4.69) is 38.1 Å². The van der Waals surface area contributed by atoms with Crippen LogP contribution >= 0.6 is 34.4 Å². The van der Waals surface area contributed by atoms with Gasteiger partial charge in [0, 0.05) is 3.57 Å². The zero-order valence-corrected chi connectivity index (χ0v) is 16.2. The van der Waals surface area contributed by atoms with E-state index in [0.29, 0.717) is 10.1 Å². The van der Waals surface area contributed by atoms with Gasteiger partial charge >= 0.3 is 0 Å². The Morgan fingerprint density at radius 3 is 2.64 bits per heavy atom. The number of nitrogens with zero attached hydrogens (tertiary/aromatic N) is 2. The first-order valence-corrected chi connectivity index (χ1v) is 9.26. The molecule has 0 atom stereocenters. The van der Waals surface area contributed by atoms with Gasteiger partial charge < -0.3 is 4.74 Å². The second-order valence-corrected chi connectivity index (χ2v) is 7.20. The van der Waals surface area contributed by atoms with Crippen LogP contribution < -0.4 is 10.1 Å². The molecule has 0 aliphatic carbocycles. The fourth-order valence-electron chi connectivity index (χ4n) is 2.05. The third-order valence-corrected chi connectivity index (χ3v) is 5.20. The summed E-state index contributed by atoms with van der Waals surface area (Å²) in [7, 11) is 1.62. The first-order valence-electron chi connectivity index (χ1n) is 7.36. The molecule has 1 fully saturated rings. The second-order valence-electron chi connectivity index (χ2n) is 5.01. The Morgan fingerprint density at radius 2 is 1.92 bits per heavy atom. The number of rotatable bonds is 4. The summed E-state index contributed by atoms with van der Waals surface area (Å²) in [6, 6.07) is 15.3. The summed E-state index contributed by atoms with van der Waals surface area (Å²) in [6.07, 6.45) is 3.48. The van der Waals surface area contributed by atoms with Crippen LogP contribution in [-0.4, -0.2) is 24.4 Å². The van der Waals surface area contributed by atoms with Gasteiger partial charge in [-0.15, -0.1) is 5.10 Å². The number of hydrogen-bond acceptors (Lipinski definition) is 5. The number of nitrogens with one attached hydrogen (secondary N) is 1. The third-order valence-electron chi connectivity index (χ3n) is 3.31. The highest BCUT2D eigenvalue weighted by Gasteiger charge is 2.24. The lowest BCUT2D eigenvalue weighted by Gasteiger charge is -1.98. The van der Waals surface area contributed by atoms with E-state index < -0.39 is 0 Å². The van der Waals surface area contributed by atoms with E-state index in [4.69, 9.17) is 4.74 Å². The lowest BCUT2D eigenvalue weighted by molar-refractivity contribution is -0.115. The Kier molecular flexibility index (Phi) is 5.87. The van der Waals surface area contributed by atoms with E-state index in [1.165, 1.54) is 11.8 Å². The number of carbonyl (C=O) groups is 1. The van der Waals surface area contributed by atoms with Gasteiger partial charge in [0.1, 0.15) is 5.75 Å². The van der Waals surface area contributed by atoms with Gasteiger partial charge in [0.2, 0.25) is 0 Å². The summed E-state index contributed by atoms with van der Waals surface area (Å²) < 4.78 is 6.19. The van der Waals surface area contributed by atoms with Crippen molar-refractivity contribution in [1.82, 2.24) is 5.32 Å². The van der Waals surface area contributed by atoms with E-state index in [1.807, 2.05) is 54.6 Å². The van der Waals surface area contributed by atoms with Crippen molar-refractivity contribution in [2.45, 2.75) is 0 Å².